The summed E-state index contributed by atoms with van der Waals surface area (Å²) in [5, 5.41) is 10.8. The second-order valence-corrected chi connectivity index (χ2v) is 10.1. The third-order valence-electron chi connectivity index (χ3n) is 5.79. The lowest BCUT2D eigenvalue weighted by Gasteiger charge is -2.07. The number of rotatable bonds is 9. The number of ether oxygens (including phenoxy) is 1. The molecule has 5 rings (SSSR count). The number of carbonyl (C=O) groups is 1. The van der Waals surface area contributed by atoms with Crippen molar-refractivity contribution < 1.29 is 9.53 Å². The number of hydrogen-bond donors (Lipinski definition) is 2. The lowest BCUT2D eigenvalue weighted by Crippen LogP contribution is -2.17. The van der Waals surface area contributed by atoms with Gasteiger partial charge in [-0.1, -0.05) is 53.6 Å². The number of halogens is 1. The van der Waals surface area contributed by atoms with Crippen LogP contribution in [-0.4, -0.2) is 17.1 Å². The Kier molecular flexibility index (Phi) is 8.31. The first-order valence-electron chi connectivity index (χ1n) is 12.2. The average Bonchev–Trinajstić information content (AvgIpc) is 3.42. The third kappa shape index (κ3) is 7.31. The first kappa shape index (κ1) is 26.2. The van der Waals surface area contributed by atoms with Gasteiger partial charge in [-0.2, -0.15) is 5.10 Å². The molecule has 0 saturated heterocycles. The summed E-state index contributed by atoms with van der Waals surface area (Å²) in [6, 6.07) is 30.5. The van der Waals surface area contributed by atoms with Crippen molar-refractivity contribution in [3.05, 3.63) is 130 Å². The van der Waals surface area contributed by atoms with Crippen molar-refractivity contribution in [3.63, 3.8) is 0 Å². The minimum absolute atomic E-state index is 0.292. The van der Waals surface area contributed by atoms with Crippen LogP contribution in [0.1, 0.15) is 27.0 Å². The smallest absolute Gasteiger partial charge is 0.271 e. The highest BCUT2D eigenvalue weighted by Gasteiger charge is 2.08. The van der Waals surface area contributed by atoms with E-state index in [-0.39, 0.29) is 5.91 Å². The number of anilines is 2. The van der Waals surface area contributed by atoms with E-state index in [2.05, 4.69) is 39.9 Å². The molecule has 1 amide bonds. The molecular weight excluding hydrogens is 528 g/mol. The van der Waals surface area contributed by atoms with Gasteiger partial charge in [-0.3, -0.25) is 4.79 Å². The molecule has 0 aliphatic carbocycles. The lowest BCUT2D eigenvalue weighted by atomic mass is 10.1. The van der Waals surface area contributed by atoms with Gasteiger partial charge in [0.2, 0.25) is 0 Å². The monoisotopic (exact) mass is 552 g/mol. The highest BCUT2D eigenvalue weighted by atomic mass is 35.5. The van der Waals surface area contributed by atoms with Gasteiger partial charge in [0, 0.05) is 27.2 Å². The molecule has 0 bridgehead atoms. The Morgan fingerprint density at radius 1 is 1.00 bits per heavy atom. The second-order valence-electron chi connectivity index (χ2n) is 8.79. The van der Waals surface area contributed by atoms with Crippen LogP contribution >= 0.6 is 22.9 Å². The van der Waals surface area contributed by atoms with Crippen LogP contribution in [0.25, 0.3) is 11.3 Å². The van der Waals surface area contributed by atoms with Gasteiger partial charge >= 0.3 is 0 Å². The number of hydrazone groups is 1. The molecule has 0 saturated carbocycles. The Balaban J connectivity index is 1.12. The number of aromatic nitrogens is 1. The van der Waals surface area contributed by atoms with E-state index >= 15 is 0 Å². The number of thiazole rings is 1. The van der Waals surface area contributed by atoms with Crippen molar-refractivity contribution in [1.82, 2.24) is 10.4 Å². The zero-order valence-corrected chi connectivity index (χ0v) is 22.7. The average molecular weight is 553 g/mol. The van der Waals surface area contributed by atoms with Gasteiger partial charge in [-0.15, -0.1) is 11.3 Å². The van der Waals surface area contributed by atoms with Crippen molar-refractivity contribution >= 4 is 45.9 Å². The predicted octanol–water partition coefficient (Wildman–Crippen LogP) is 7.86. The van der Waals surface area contributed by atoms with E-state index in [0.717, 1.165) is 39.0 Å². The summed E-state index contributed by atoms with van der Waals surface area (Å²) >= 11 is 7.45. The number of amides is 1. The van der Waals surface area contributed by atoms with Crippen LogP contribution in [0.15, 0.2) is 108 Å². The minimum atomic E-state index is -0.292. The number of nitrogens with one attached hydrogen (secondary N) is 2. The SMILES string of the molecule is Cc1cccc(COc2ccc(/C=N\NC(=O)c3ccc(-c4csc(Nc5ccc(Cl)cc5)n4)cc3)cc2)c1. The van der Waals surface area contributed by atoms with Gasteiger partial charge in [0.05, 0.1) is 11.9 Å². The predicted molar refractivity (Wildman–Crippen MR) is 159 cm³/mol. The molecule has 0 atom stereocenters. The van der Waals surface area contributed by atoms with Gasteiger partial charge in [0.25, 0.3) is 5.91 Å². The molecule has 0 fully saturated rings. The molecule has 1 aromatic heterocycles. The van der Waals surface area contributed by atoms with Gasteiger partial charge in [-0.05, 0) is 78.7 Å². The first-order chi connectivity index (χ1) is 19.0. The van der Waals surface area contributed by atoms with Crippen LogP contribution in [0.3, 0.4) is 0 Å². The van der Waals surface area contributed by atoms with E-state index in [0.29, 0.717) is 17.2 Å². The molecule has 0 aliphatic rings. The van der Waals surface area contributed by atoms with Crippen LogP contribution in [0.4, 0.5) is 10.8 Å². The maximum atomic E-state index is 12.5. The number of aryl methyl sites for hydroxylation is 1. The van der Waals surface area contributed by atoms with Gasteiger partial charge in [0.1, 0.15) is 12.4 Å². The molecule has 4 aromatic carbocycles. The number of nitrogens with zero attached hydrogens (tertiary/aromatic N) is 2. The summed E-state index contributed by atoms with van der Waals surface area (Å²) in [4.78, 5) is 17.2. The van der Waals surface area contributed by atoms with E-state index in [1.165, 1.54) is 16.9 Å². The summed E-state index contributed by atoms with van der Waals surface area (Å²) in [5.41, 5.74) is 8.91. The van der Waals surface area contributed by atoms with Crippen molar-refractivity contribution in [2.75, 3.05) is 5.32 Å². The zero-order valence-electron chi connectivity index (χ0n) is 21.1. The fraction of sp³-hybridized carbons (Fsp3) is 0.0645. The largest absolute Gasteiger partial charge is 0.489 e. The van der Waals surface area contributed by atoms with E-state index in [1.54, 1.807) is 18.3 Å². The zero-order chi connectivity index (χ0) is 27.0. The normalized spacial score (nSPS) is 10.9. The molecule has 1 heterocycles. The Labute approximate surface area is 236 Å². The summed E-state index contributed by atoms with van der Waals surface area (Å²) < 4.78 is 5.85. The molecule has 0 radical (unpaired) electrons. The minimum Gasteiger partial charge on any atom is -0.489 e. The highest BCUT2D eigenvalue weighted by Crippen LogP contribution is 2.28. The molecule has 5 aromatic rings. The molecule has 6 nitrogen and oxygen atoms in total. The van der Waals surface area contributed by atoms with Gasteiger partial charge in [0.15, 0.2) is 5.13 Å². The molecular formula is C31H25ClN4O2S. The van der Waals surface area contributed by atoms with Crippen LogP contribution in [-0.2, 0) is 6.61 Å². The van der Waals surface area contributed by atoms with Crippen LogP contribution in [0.5, 0.6) is 5.75 Å². The maximum Gasteiger partial charge on any atom is 0.271 e. The number of carbonyl (C=O) groups excluding carboxylic acids is 1. The fourth-order valence-electron chi connectivity index (χ4n) is 3.76. The lowest BCUT2D eigenvalue weighted by molar-refractivity contribution is 0.0955. The quantitative estimate of drug-likeness (QED) is 0.144. The summed E-state index contributed by atoms with van der Waals surface area (Å²) in [6.45, 7) is 2.57. The van der Waals surface area contributed by atoms with Gasteiger partial charge < -0.3 is 10.1 Å². The second kappa shape index (κ2) is 12.4. The Bertz CT molecular complexity index is 1580. The van der Waals surface area contributed by atoms with Crippen molar-refractivity contribution in [2.24, 2.45) is 5.10 Å². The molecule has 0 aliphatic heterocycles. The highest BCUT2D eigenvalue weighted by molar-refractivity contribution is 7.14. The van der Waals surface area contributed by atoms with Crippen LogP contribution in [0, 0.1) is 6.92 Å². The molecule has 0 spiro atoms. The third-order valence-corrected chi connectivity index (χ3v) is 6.80. The summed E-state index contributed by atoms with van der Waals surface area (Å²) in [6.07, 6.45) is 1.60. The van der Waals surface area contributed by atoms with Crippen LogP contribution in [0.2, 0.25) is 5.02 Å². The Morgan fingerprint density at radius 2 is 1.77 bits per heavy atom. The molecule has 39 heavy (non-hydrogen) atoms. The van der Waals surface area contributed by atoms with E-state index in [9.17, 15) is 4.79 Å². The van der Waals surface area contributed by atoms with E-state index in [4.69, 9.17) is 16.3 Å². The Morgan fingerprint density at radius 3 is 2.51 bits per heavy atom. The number of hydrogen-bond acceptors (Lipinski definition) is 6. The number of benzene rings is 4. The molecule has 0 unspecified atom stereocenters. The van der Waals surface area contributed by atoms with Crippen LogP contribution < -0.4 is 15.5 Å². The maximum absolute atomic E-state index is 12.5. The summed E-state index contributed by atoms with van der Waals surface area (Å²) in [5.74, 6) is 0.477. The van der Waals surface area contributed by atoms with Crippen molar-refractivity contribution in [3.8, 4) is 17.0 Å². The van der Waals surface area contributed by atoms with Gasteiger partial charge in [-0.25, -0.2) is 10.4 Å². The van der Waals surface area contributed by atoms with Crippen molar-refractivity contribution in [1.29, 1.82) is 0 Å². The molecule has 194 valence electrons. The first-order valence-corrected chi connectivity index (χ1v) is 13.5. The molecule has 2 N–H and O–H groups in total. The van der Waals surface area contributed by atoms with E-state index in [1.807, 2.05) is 78.2 Å². The fourth-order valence-corrected chi connectivity index (χ4v) is 4.63. The molecule has 8 heteroatoms. The van der Waals surface area contributed by atoms with E-state index < -0.39 is 0 Å². The Hall–Kier alpha value is -4.46. The summed E-state index contributed by atoms with van der Waals surface area (Å²) in [7, 11) is 0. The standard InChI is InChI=1S/C31H25ClN4O2S/c1-21-3-2-4-23(17-21)19-38-28-15-5-22(6-16-28)18-33-36-30(37)25-9-7-24(8-10-25)29-20-39-31(35-29)34-27-13-11-26(32)12-14-27/h2-18,20H,19H2,1H3,(H,34,35)(H,36,37)/b33-18-. The topological polar surface area (TPSA) is 75.6 Å². The van der Waals surface area contributed by atoms with Crippen molar-refractivity contribution in [2.45, 2.75) is 13.5 Å².